The van der Waals surface area contributed by atoms with E-state index < -0.39 is 0 Å². The molecule has 0 saturated carbocycles. The maximum Gasteiger partial charge on any atom is 0.348 e. The van der Waals surface area contributed by atoms with Gasteiger partial charge in [0, 0.05) is 5.39 Å². The zero-order chi connectivity index (χ0) is 15.2. The van der Waals surface area contributed by atoms with Crippen LogP contribution in [0, 0.1) is 0 Å². The van der Waals surface area contributed by atoms with Crippen molar-refractivity contribution >= 4 is 70.6 Å². The van der Waals surface area contributed by atoms with E-state index in [4.69, 9.17) is 4.74 Å². The molecule has 2 heterocycles. The molecule has 0 unspecified atom stereocenters. The number of esters is 1. The third kappa shape index (κ3) is 4.65. The van der Waals surface area contributed by atoms with Gasteiger partial charge < -0.3 is 4.74 Å². The van der Waals surface area contributed by atoms with Crippen LogP contribution in [0.15, 0.2) is 26.3 Å². The lowest BCUT2D eigenvalue weighted by atomic mass is 10.1. The molecule has 0 saturated heterocycles. The van der Waals surface area contributed by atoms with Gasteiger partial charge in [-0.05, 0) is 57.2 Å². The van der Waals surface area contributed by atoms with Crippen molar-refractivity contribution in [1.82, 2.24) is 0 Å². The van der Waals surface area contributed by atoms with Gasteiger partial charge in [-0.1, -0.05) is 18.9 Å². The second-order valence-corrected chi connectivity index (χ2v) is 9.34. The van der Waals surface area contributed by atoms with Crippen LogP contribution in [-0.2, 0) is 4.74 Å². The highest BCUT2D eigenvalue weighted by Gasteiger charge is 2.16. The molecule has 0 aliphatic carbocycles. The molecule has 0 radical (unpaired) electrons. The molecule has 2 nitrogen and oxygen atoms in total. The van der Waals surface area contributed by atoms with Crippen molar-refractivity contribution in [1.29, 1.82) is 0 Å². The smallest absolute Gasteiger partial charge is 0.348 e. The Morgan fingerprint density at radius 1 is 1.19 bits per heavy atom. The van der Waals surface area contributed by atoms with Crippen LogP contribution >= 0.6 is 54.5 Å². The van der Waals surface area contributed by atoms with Gasteiger partial charge in [-0.3, -0.25) is 0 Å². The zero-order valence-electron chi connectivity index (χ0n) is 11.5. The van der Waals surface area contributed by atoms with Crippen molar-refractivity contribution in [2.75, 3.05) is 6.61 Å². The average Bonchev–Trinajstić information content (AvgIpc) is 3.00. The molecular formula is C15H16Br2O2S2. The molecule has 6 heteroatoms. The third-order valence-corrected chi connectivity index (χ3v) is 7.14. The molecule has 0 aliphatic heterocycles. The second kappa shape index (κ2) is 8.46. The number of thiophene rings is 2. The van der Waals surface area contributed by atoms with Crippen LogP contribution in [0.1, 0.15) is 41.8 Å². The zero-order valence-corrected chi connectivity index (χ0v) is 16.3. The summed E-state index contributed by atoms with van der Waals surface area (Å²) in [4.78, 5) is 12.7. The molecule has 0 aliphatic rings. The van der Waals surface area contributed by atoms with E-state index in [1.54, 1.807) is 11.3 Å². The Morgan fingerprint density at radius 2 is 1.95 bits per heavy atom. The first-order valence-corrected chi connectivity index (χ1v) is 10.0. The van der Waals surface area contributed by atoms with E-state index in [2.05, 4.69) is 38.4 Å². The first kappa shape index (κ1) is 17.2. The molecule has 0 bridgehead atoms. The first-order chi connectivity index (χ1) is 10.1. The van der Waals surface area contributed by atoms with Crippen LogP contribution in [0.3, 0.4) is 0 Å². The minimum absolute atomic E-state index is 0.217. The van der Waals surface area contributed by atoms with Gasteiger partial charge >= 0.3 is 5.97 Å². The molecule has 21 heavy (non-hydrogen) atoms. The van der Waals surface area contributed by atoms with E-state index >= 15 is 0 Å². The minimum atomic E-state index is -0.217. The van der Waals surface area contributed by atoms with Crippen LogP contribution in [0.2, 0.25) is 0 Å². The molecular weight excluding hydrogens is 436 g/mol. The number of ether oxygens (including phenoxy) is 1. The summed E-state index contributed by atoms with van der Waals surface area (Å²) in [6.45, 7) is 4.20. The number of carbonyl (C=O) groups excluding carboxylic acids is 1. The second-order valence-electron chi connectivity index (χ2n) is 4.63. The predicted octanol–water partition coefficient (Wildman–Crippen LogP) is 6.78. The van der Waals surface area contributed by atoms with Gasteiger partial charge in [0.25, 0.3) is 0 Å². The highest BCUT2D eigenvalue weighted by Crippen LogP contribution is 2.43. The summed E-state index contributed by atoms with van der Waals surface area (Å²) < 4.78 is 8.53. The Balaban J connectivity index is 1.79. The Hall–Kier alpha value is -0.170. The predicted molar refractivity (Wildman–Crippen MR) is 98.7 cm³/mol. The third-order valence-electron chi connectivity index (χ3n) is 3.04. The van der Waals surface area contributed by atoms with E-state index in [1.807, 2.05) is 12.1 Å². The standard InChI is InChI=1S/C15H16Br2O2S2/c1-2-3-4-5-6-7-8-19-15(18)11-9-10-12(20-11)14(17)21-13(10)16/h2,9H,1,3-8H2. The maximum absolute atomic E-state index is 12.0. The van der Waals surface area contributed by atoms with E-state index in [0.717, 1.165) is 43.3 Å². The van der Waals surface area contributed by atoms with Crippen molar-refractivity contribution in [3.05, 3.63) is 31.2 Å². The van der Waals surface area contributed by atoms with Gasteiger partial charge in [-0.25, -0.2) is 4.79 Å². The molecule has 2 aromatic heterocycles. The molecule has 114 valence electrons. The highest BCUT2D eigenvalue weighted by atomic mass is 79.9. The lowest BCUT2D eigenvalue weighted by Gasteiger charge is -2.02. The number of allylic oxidation sites excluding steroid dienone is 1. The Bertz CT molecular complexity index is 596. The van der Waals surface area contributed by atoms with Crippen molar-refractivity contribution in [2.45, 2.75) is 32.1 Å². The Kier molecular flexibility index (Phi) is 6.92. The number of carbonyl (C=O) groups is 1. The monoisotopic (exact) mass is 450 g/mol. The largest absolute Gasteiger partial charge is 0.462 e. The van der Waals surface area contributed by atoms with Crippen LogP contribution in [0.5, 0.6) is 0 Å². The lowest BCUT2D eigenvalue weighted by Crippen LogP contribution is -2.04. The molecule has 0 N–H and O–H groups in total. The van der Waals surface area contributed by atoms with E-state index in [0.29, 0.717) is 11.5 Å². The summed E-state index contributed by atoms with van der Waals surface area (Å²) in [7, 11) is 0. The van der Waals surface area contributed by atoms with Gasteiger partial charge in [-0.2, -0.15) is 0 Å². The van der Waals surface area contributed by atoms with Gasteiger partial charge in [0.2, 0.25) is 0 Å². The number of hydrogen-bond acceptors (Lipinski definition) is 4. The van der Waals surface area contributed by atoms with Crippen molar-refractivity contribution < 1.29 is 9.53 Å². The van der Waals surface area contributed by atoms with Crippen LogP contribution in [0.25, 0.3) is 10.1 Å². The topological polar surface area (TPSA) is 26.3 Å². The number of hydrogen-bond donors (Lipinski definition) is 0. The fraction of sp³-hybridized carbons (Fsp3) is 0.400. The van der Waals surface area contributed by atoms with E-state index in [-0.39, 0.29) is 5.97 Å². The van der Waals surface area contributed by atoms with Crippen LogP contribution in [-0.4, -0.2) is 12.6 Å². The molecule has 0 atom stereocenters. The molecule has 2 rings (SSSR count). The van der Waals surface area contributed by atoms with Crippen LogP contribution < -0.4 is 0 Å². The fourth-order valence-corrected chi connectivity index (χ4v) is 6.30. The number of rotatable bonds is 8. The normalized spacial score (nSPS) is 11.0. The van der Waals surface area contributed by atoms with E-state index in [9.17, 15) is 4.79 Å². The average molecular weight is 452 g/mol. The lowest BCUT2D eigenvalue weighted by molar-refractivity contribution is 0.0503. The van der Waals surface area contributed by atoms with Gasteiger partial charge in [0.1, 0.15) is 4.88 Å². The van der Waals surface area contributed by atoms with Crippen LogP contribution in [0.4, 0.5) is 0 Å². The highest BCUT2D eigenvalue weighted by molar-refractivity contribution is 9.12. The Labute approximate surface area is 149 Å². The van der Waals surface area contributed by atoms with E-state index in [1.165, 1.54) is 17.8 Å². The molecule has 0 spiro atoms. The maximum atomic E-state index is 12.0. The first-order valence-electron chi connectivity index (χ1n) is 6.79. The van der Waals surface area contributed by atoms with Crippen molar-refractivity contribution in [3.8, 4) is 0 Å². The molecule has 0 aromatic carbocycles. The summed E-state index contributed by atoms with van der Waals surface area (Å²) in [5, 5.41) is 1.08. The molecule has 0 amide bonds. The Morgan fingerprint density at radius 3 is 2.67 bits per heavy atom. The fourth-order valence-electron chi connectivity index (χ4n) is 1.94. The quantitative estimate of drug-likeness (QED) is 0.251. The summed E-state index contributed by atoms with van der Waals surface area (Å²) in [5.41, 5.74) is 0. The van der Waals surface area contributed by atoms with Gasteiger partial charge in [0.05, 0.1) is 18.9 Å². The SMILES string of the molecule is C=CCCCCCCOC(=O)c1cc2c(Br)sc(Br)c2s1. The summed E-state index contributed by atoms with van der Waals surface area (Å²) in [5.74, 6) is -0.217. The van der Waals surface area contributed by atoms with Gasteiger partial charge in [-0.15, -0.1) is 29.3 Å². The summed E-state index contributed by atoms with van der Waals surface area (Å²) in [6, 6.07) is 1.90. The minimum Gasteiger partial charge on any atom is -0.462 e. The summed E-state index contributed by atoms with van der Waals surface area (Å²) >= 11 is 10.1. The summed E-state index contributed by atoms with van der Waals surface area (Å²) in [6.07, 6.45) is 7.36. The molecule has 2 aromatic rings. The number of unbranched alkanes of at least 4 members (excludes halogenated alkanes) is 4. The molecule has 0 fully saturated rings. The van der Waals surface area contributed by atoms with Gasteiger partial charge in [0.15, 0.2) is 0 Å². The van der Waals surface area contributed by atoms with Crippen molar-refractivity contribution in [2.24, 2.45) is 0 Å². The number of halogens is 2. The van der Waals surface area contributed by atoms with Crippen molar-refractivity contribution in [3.63, 3.8) is 0 Å². The number of fused-ring (bicyclic) bond motifs is 1.